The van der Waals surface area contributed by atoms with Gasteiger partial charge in [-0.25, -0.2) is 8.42 Å². The summed E-state index contributed by atoms with van der Waals surface area (Å²) in [5.41, 5.74) is 0. The van der Waals surface area contributed by atoms with Crippen molar-refractivity contribution < 1.29 is 8.42 Å². The summed E-state index contributed by atoms with van der Waals surface area (Å²) in [7, 11) is -3.16. The van der Waals surface area contributed by atoms with Gasteiger partial charge in [0, 0.05) is 18.5 Å². The minimum absolute atomic E-state index is 0.0166. The van der Waals surface area contributed by atoms with E-state index in [9.17, 15) is 8.42 Å². The first kappa shape index (κ1) is 11.3. The Hall–Kier alpha value is 0.200. The van der Waals surface area contributed by atoms with Gasteiger partial charge < -0.3 is 0 Å². The van der Waals surface area contributed by atoms with Gasteiger partial charge in [0.25, 0.3) is 0 Å². The van der Waals surface area contributed by atoms with Gasteiger partial charge in [0.1, 0.15) is 0 Å². The van der Waals surface area contributed by atoms with E-state index in [0.717, 1.165) is 6.42 Å². The van der Waals surface area contributed by atoms with Crippen LogP contribution in [0.15, 0.2) is 0 Å². The molecule has 1 heterocycles. The number of alkyl halides is 1. The number of sulfonamides is 1. The molecule has 1 atom stereocenters. The molecule has 13 heavy (non-hydrogen) atoms. The van der Waals surface area contributed by atoms with E-state index >= 15 is 0 Å². The van der Waals surface area contributed by atoms with Crippen LogP contribution in [0.3, 0.4) is 0 Å². The van der Waals surface area contributed by atoms with E-state index in [-0.39, 0.29) is 5.38 Å². The zero-order valence-electron chi connectivity index (χ0n) is 8.25. The van der Waals surface area contributed by atoms with Crippen molar-refractivity contribution in [2.45, 2.75) is 37.3 Å². The number of hydrogen-bond donors (Lipinski definition) is 0. The molecule has 0 N–H and O–H groups in total. The van der Waals surface area contributed by atoms with Crippen molar-refractivity contribution in [2.75, 3.05) is 13.1 Å². The number of rotatable bonds is 1. The van der Waals surface area contributed by atoms with Crippen LogP contribution in [-0.2, 0) is 10.0 Å². The van der Waals surface area contributed by atoms with Crippen LogP contribution in [0, 0.1) is 0 Å². The Labute approximate surface area is 85.1 Å². The molecule has 0 aromatic heterocycles. The second-order valence-electron chi connectivity index (χ2n) is 4.36. The minimum Gasteiger partial charge on any atom is -0.212 e. The number of halogens is 1. The van der Waals surface area contributed by atoms with E-state index in [4.69, 9.17) is 11.6 Å². The monoisotopic (exact) mass is 225 g/mol. The smallest absolute Gasteiger partial charge is 0.212 e. The maximum atomic E-state index is 11.9. The predicted octanol–water partition coefficient (Wildman–Crippen LogP) is 1.43. The topological polar surface area (TPSA) is 37.4 Å². The second kappa shape index (κ2) is 3.41. The average molecular weight is 226 g/mol. The van der Waals surface area contributed by atoms with Gasteiger partial charge in [-0.2, -0.15) is 4.31 Å². The first-order chi connectivity index (χ1) is 5.75. The Kier molecular flexibility index (Phi) is 2.95. The lowest BCUT2D eigenvalue weighted by atomic mass is 10.3. The lowest BCUT2D eigenvalue weighted by molar-refractivity contribution is 0.451. The highest BCUT2D eigenvalue weighted by Gasteiger charge is 2.38. The van der Waals surface area contributed by atoms with Crippen LogP contribution in [0.5, 0.6) is 0 Å². The highest BCUT2D eigenvalue weighted by Crippen LogP contribution is 2.25. The normalized spacial score (nSPS) is 26.6. The Balaban J connectivity index is 2.84. The molecule has 0 saturated carbocycles. The summed E-state index contributed by atoms with van der Waals surface area (Å²) in [6.07, 6.45) is 0.761. The van der Waals surface area contributed by atoms with Crippen LogP contribution < -0.4 is 0 Å². The van der Waals surface area contributed by atoms with Gasteiger partial charge in [0.15, 0.2) is 0 Å². The third kappa shape index (κ3) is 2.17. The summed E-state index contributed by atoms with van der Waals surface area (Å²) in [5, 5.41) is -0.0166. The Morgan fingerprint density at radius 3 is 2.23 bits per heavy atom. The van der Waals surface area contributed by atoms with E-state index in [1.165, 1.54) is 4.31 Å². The maximum Gasteiger partial charge on any atom is 0.219 e. The number of hydrogen-bond acceptors (Lipinski definition) is 2. The molecule has 0 radical (unpaired) electrons. The van der Waals surface area contributed by atoms with E-state index in [0.29, 0.717) is 13.1 Å². The minimum atomic E-state index is -3.16. The van der Waals surface area contributed by atoms with Crippen molar-refractivity contribution in [3.05, 3.63) is 0 Å². The summed E-state index contributed by atoms with van der Waals surface area (Å²) < 4.78 is 24.5. The molecule has 1 aliphatic heterocycles. The highest BCUT2D eigenvalue weighted by atomic mass is 35.5. The molecule has 0 aliphatic carbocycles. The molecular weight excluding hydrogens is 210 g/mol. The quantitative estimate of drug-likeness (QED) is 0.634. The lowest BCUT2D eigenvalue weighted by Gasteiger charge is -2.26. The largest absolute Gasteiger partial charge is 0.219 e. The fourth-order valence-corrected chi connectivity index (χ4v) is 3.14. The molecule has 3 nitrogen and oxygen atoms in total. The van der Waals surface area contributed by atoms with Crippen molar-refractivity contribution in [1.82, 2.24) is 4.31 Å². The van der Waals surface area contributed by atoms with Crippen LogP contribution in [0.25, 0.3) is 0 Å². The SMILES string of the molecule is CC(C)(C)S(=O)(=O)N1CCC(Cl)C1. The molecule has 1 rings (SSSR count). The lowest BCUT2D eigenvalue weighted by Crippen LogP contribution is -2.41. The predicted molar refractivity (Wildman–Crippen MR) is 54.5 cm³/mol. The van der Waals surface area contributed by atoms with Crippen molar-refractivity contribution in [3.8, 4) is 0 Å². The molecule has 1 unspecified atom stereocenters. The van der Waals surface area contributed by atoms with Crippen molar-refractivity contribution in [3.63, 3.8) is 0 Å². The van der Waals surface area contributed by atoms with E-state index < -0.39 is 14.8 Å². The van der Waals surface area contributed by atoms with Crippen molar-refractivity contribution in [1.29, 1.82) is 0 Å². The van der Waals surface area contributed by atoms with Crippen LogP contribution in [0.4, 0.5) is 0 Å². The Bertz CT molecular complexity index is 281. The van der Waals surface area contributed by atoms with E-state index in [2.05, 4.69) is 0 Å². The van der Waals surface area contributed by atoms with Crippen LogP contribution >= 0.6 is 11.6 Å². The summed E-state index contributed by atoms with van der Waals surface area (Å²) in [6, 6.07) is 0. The van der Waals surface area contributed by atoms with Gasteiger partial charge in [-0.1, -0.05) is 0 Å². The molecule has 1 aliphatic rings. The molecule has 0 aromatic rings. The third-order valence-corrected chi connectivity index (χ3v) is 5.12. The first-order valence-corrected chi connectivity index (χ1v) is 6.26. The highest BCUT2D eigenvalue weighted by molar-refractivity contribution is 7.90. The molecule has 1 saturated heterocycles. The zero-order valence-corrected chi connectivity index (χ0v) is 9.82. The van der Waals surface area contributed by atoms with Gasteiger partial charge in [0.05, 0.1) is 4.75 Å². The number of nitrogens with zero attached hydrogens (tertiary/aromatic N) is 1. The maximum absolute atomic E-state index is 11.9. The molecule has 0 aromatic carbocycles. The molecule has 0 bridgehead atoms. The zero-order chi connectivity index (χ0) is 10.3. The second-order valence-corrected chi connectivity index (χ2v) is 7.67. The van der Waals surface area contributed by atoms with Crippen molar-refractivity contribution in [2.24, 2.45) is 0 Å². The van der Waals surface area contributed by atoms with E-state index in [1.54, 1.807) is 20.8 Å². The fraction of sp³-hybridized carbons (Fsp3) is 1.00. The molecule has 78 valence electrons. The van der Waals surface area contributed by atoms with Crippen LogP contribution in [0.2, 0.25) is 0 Å². The van der Waals surface area contributed by atoms with Gasteiger partial charge in [-0.3, -0.25) is 0 Å². The first-order valence-electron chi connectivity index (χ1n) is 4.39. The van der Waals surface area contributed by atoms with Gasteiger partial charge in [-0.05, 0) is 27.2 Å². The fourth-order valence-electron chi connectivity index (χ4n) is 1.29. The summed E-state index contributed by atoms with van der Waals surface area (Å²) >= 11 is 5.86. The molecular formula is C8H16ClNO2S. The molecule has 0 spiro atoms. The van der Waals surface area contributed by atoms with Crippen molar-refractivity contribution >= 4 is 21.6 Å². The standard InChI is InChI=1S/C8H16ClNO2S/c1-8(2,3)13(11,12)10-5-4-7(9)6-10/h7H,4-6H2,1-3H3. The van der Waals surface area contributed by atoms with E-state index in [1.807, 2.05) is 0 Å². The molecule has 0 amide bonds. The summed E-state index contributed by atoms with van der Waals surface area (Å²) in [6.45, 7) is 6.16. The van der Waals surface area contributed by atoms with Crippen LogP contribution in [-0.4, -0.2) is 35.9 Å². The summed E-state index contributed by atoms with van der Waals surface area (Å²) in [5.74, 6) is 0. The Morgan fingerprint density at radius 1 is 1.38 bits per heavy atom. The van der Waals surface area contributed by atoms with Crippen LogP contribution in [0.1, 0.15) is 27.2 Å². The summed E-state index contributed by atoms with van der Waals surface area (Å²) in [4.78, 5) is 0. The Morgan fingerprint density at radius 2 is 1.92 bits per heavy atom. The average Bonchev–Trinajstić information content (AvgIpc) is 2.33. The van der Waals surface area contributed by atoms with Gasteiger partial charge in [-0.15, -0.1) is 11.6 Å². The molecule has 1 fully saturated rings. The third-order valence-electron chi connectivity index (χ3n) is 2.21. The molecule has 5 heteroatoms. The van der Waals surface area contributed by atoms with Gasteiger partial charge >= 0.3 is 0 Å². The van der Waals surface area contributed by atoms with Gasteiger partial charge in [0.2, 0.25) is 10.0 Å².